The molecule has 0 radical (unpaired) electrons. The number of likely N-dealkylation sites (tertiary alicyclic amines) is 1. The van der Waals surface area contributed by atoms with Crippen molar-refractivity contribution in [2.75, 3.05) is 13.1 Å². The average Bonchev–Trinajstić information content (AvgIpc) is 3.32. The molecule has 1 unspecified atom stereocenters. The smallest absolute Gasteiger partial charge is 0.317 e. The second-order valence-corrected chi connectivity index (χ2v) is 7.02. The summed E-state index contributed by atoms with van der Waals surface area (Å²) in [6.07, 6.45) is 8.05. The number of piperidine rings is 1. The van der Waals surface area contributed by atoms with E-state index in [0.717, 1.165) is 38.3 Å². The second-order valence-electron chi connectivity index (χ2n) is 7.02. The fourth-order valence-corrected chi connectivity index (χ4v) is 3.90. The highest BCUT2D eigenvalue weighted by atomic mass is 16.4. The quantitative estimate of drug-likeness (QED) is 0.840. The van der Waals surface area contributed by atoms with Crippen molar-refractivity contribution in [2.24, 2.45) is 17.8 Å². The topological polar surface area (TPSA) is 69.6 Å². The first-order valence-corrected chi connectivity index (χ1v) is 8.41. The monoisotopic (exact) mass is 294 g/mol. The van der Waals surface area contributed by atoms with Gasteiger partial charge < -0.3 is 15.3 Å². The van der Waals surface area contributed by atoms with Crippen molar-refractivity contribution >= 4 is 12.0 Å². The summed E-state index contributed by atoms with van der Waals surface area (Å²) < 4.78 is 0. The first-order chi connectivity index (χ1) is 10.1. The molecule has 0 aromatic rings. The molecule has 1 aliphatic heterocycles. The third-order valence-electron chi connectivity index (χ3n) is 5.44. The van der Waals surface area contributed by atoms with E-state index in [4.69, 9.17) is 5.11 Å². The Labute approximate surface area is 126 Å². The van der Waals surface area contributed by atoms with Crippen LogP contribution >= 0.6 is 0 Å². The van der Waals surface area contributed by atoms with E-state index < -0.39 is 5.97 Å². The lowest BCUT2D eigenvalue weighted by molar-refractivity contribution is -0.142. The van der Waals surface area contributed by atoms with Gasteiger partial charge in [0.15, 0.2) is 0 Å². The van der Waals surface area contributed by atoms with E-state index in [1.54, 1.807) is 0 Å². The summed E-state index contributed by atoms with van der Waals surface area (Å²) in [6.45, 7) is 1.79. The molecule has 21 heavy (non-hydrogen) atoms. The Bertz CT molecular complexity index is 400. The molecule has 1 heterocycles. The summed E-state index contributed by atoms with van der Waals surface area (Å²) in [5, 5.41) is 12.1. The third-order valence-corrected chi connectivity index (χ3v) is 5.44. The Kier molecular flexibility index (Phi) is 4.36. The Morgan fingerprint density at radius 1 is 0.952 bits per heavy atom. The van der Waals surface area contributed by atoms with Crippen LogP contribution in [0.2, 0.25) is 0 Å². The molecule has 2 amide bonds. The Balaban J connectivity index is 1.44. The number of nitrogens with one attached hydrogen (secondary N) is 1. The van der Waals surface area contributed by atoms with E-state index in [1.807, 2.05) is 4.90 Å². The summed E-state index contributed by atoms with van der Waals surface area (Å²) in [4.78, 5) is 25.3. The van der Waals surface area contributed by atoms with Crippen LogP contribution in [0.1, 0.15) is 51.4 Å². The van der Waals surface area contributed by atoms with Crippen molar-refractivity contribution in [1.82, 2.24) is 10.2 Å². The Morgan fingerprint density at radius 2 is 1.67 bits per heavy atom. The average molecular weight is 294 g/mol. The molecule has 3 fully saturated rings. The first-order valence-electron chi connectivity index (χ1n) is 8.41. The summed E-state index contributed by atoms with van der Waals surface area (Å²) in [5.74, 6) is 0.675. The number of hydrogen-bond acceptors (Lipinski definition) is 2. The number of nitrogens with zero attached hydrogens (tertiary/aromatic N) is 1. The van der Waals surface area contributed by atoms with E-state index in [9.17, 15) is 9.59 Å². The van der Waals surface area contributed by atoms with Gasteiger partial charge in [-0.2, -0.15) is 0 Å². The molecular formula is C16H26N2O3. The highest BCUT2D eigenvalue weighted by Crippen LogP contribution is 2.40. The van der Waals surface area contributed by atoms with Gasteiger partial charge in [0.25, 0.3) is 0 Å². The minimum absolute atomic E-state index is 0.0686. The molecule has 1 saturated heterocycles. The predicted octanol–water partition coefficient (Wildman–Crippen LogP) is 2.46. The molecule has 1 atom stereocenters. The van der Waals surface area contributed by atoms with E-state index in [2.05, 4.69) is 5.32 Å². The molecular weight excluding hydrogens is 268 g/mol. The maximum absolute atomic E-state index is 12.4. The zero-order valence-corrected chi connectivity index (χ0v) is 12.6. The molecule has 5 heteroatoms. The summed E-state index contributed by atoms with van der Waals surface area (Å²) in [6, 6.07) is 0.230. The van der Waals surface area contributed by atoms with E-state index in [-0.39, 0.29) is 18.0 Å². The van der Waals surface area contributed by atoms with Crippen molar-refractivity contribution in [2.45, 2.75) is 57.4 Å². The lowest BCUT2D eigenvalue weighted by atomic mass is 9.86. The molecule has 0 bridgehead atoms. The number of carboxylic acids is 1. The molecule has 118 valence electrons. The highest BCUT2D eigenvalue weighted by molar-refractivity contribution is 5.75. The largest absolute Gasteiger partial charge is 0.481 e. The first kappa shape index (κ1) is 14.7. The van der Waals surface area contributed by atoms with Crippen LogP contribution in [0.3, 0.4) is 0 Å². The number of amides is 2. The van der Waals surface area contributed by atoms with Gasteiger partial charge in [-0.15, -0.1) is 0 Å². The SMILES string of the molecule is O=C(O)C1CCC(NC(=O)N2CCCC(C3CC3)C2)CC1. The fraction of sp³-hybridized carbons (Fsp3) is 0.875. The van der Waals surface area contributed by atoms with Crippen LogP contribution in [-0.4, -0.2) is 41.1 Å². The lowest BCUT2D eigenvalue weighted by Gasteiger charge is -2.35. The zero-order chi connectivity index (χ0) is 14.8. The number of carbonyl (C=O) groups excluding carboxylic acids is 1. The molecule has 0 aromatic heterocycles. The van der Waals surface area contributed by atoms with Gasteiger partial charge in [-0.25, -0.2) is 4.79 Å². The lowest BCUT2D eigenvalue weighted by Crippen LogP contribution is -2.49. The maximum atomic E-state index is 12.4. The minimum Gasteiger partial charge on any atom is -0.481 e. The summed E-state index contributed by atoms with van der Waals surface area (Å²) in [5.41, 5.74) is 0. The van der Waals surface area contributed by atoms with E-state index in [1.165, 1.54) is 19.3 Å². The van der Waals surface area contributed by atoms with Crippen LogP contribution in [0.4, 0.5) is 4.79 Å². The molecule has 0 aromatic carbocycles. The van der Waals surface area contributed by atoms with Gasteiger partial charge in [-0.1, -0.05) is 0 Å². The van der Waals surface area contributed by atoms with Crippen LogP contribution in [0.25, 0.3) is 0 Å². The summed E-state index contributed by atoms with van der Waals surface area (Å²) >= 11 is 0. The standard InChI is InChI=1S/C16H26N2O3/c19-15(20)12-5-7-14(8-6-12)17-16(21)18-9-1-2-13(10-18)11-3-4-11/h11-14H,1-10H2,(H,17,21)(H,19,20). The Hall–Kier alpha value is -1.26. The zero-order valence-electron chi connectivity index (χ0n) is 12.6. The molecule has 2 aliphatic carbocycles. The molecule has 5 nitrogen and oxygen atoms in total. The number of aliphatic carboxylic acids is 1. The minimum atomic E-state index is -0.692. The van der Waals surface area contributed by atoms with Crippen LogP contribution < -0.4 is 5.32 Å². The predicted molar refractivity (Wildman–Crippen MR) is 78.9 cm³/mol. The number of urea groups is 1. The number of hydrogen-bond donors (Lipinski definition) is 2. The van der Waals surface area contributed by atoms with E-state index in [0.29, 0.717) is 18.8 Å². The third kappa shape index (κ3) is 3.69. The maximum Gasteiger partial charge on any atom is 0.317 e. The van der Waals surface area contributed by atoms with E-state index >= 15 is 0 Å². The second kappa shape index (κ2) is 6.24. The normalized spacial score (nSPS) is 33.5. The van der Waals surface area contributed by atoms with Crippen molar-refractivity contribution in [3.05, 3.63) is 0 Å². The molecule has 3 rings (SSSR count). The fourth-order valence-electron chi connectivity index (χ4n) is 3.90. The number of carbonyl (C=O) groups is 2. The number of carboxylic acid groups (broad SMARTS) is 1. The van der Waals surface area contributed by atoms with Crippen molar-refractivity contribution in [3.63, 3.8) is 0 Å². The van der Waals surface area contributed by atoms with Crippen molar-refractivity contribution in [1.29, 1.82) is 0 Å². The van der Waals surface area contributed by atoms with Gasteiger partial charge in [0, 0.05) is 19.1 Å². The molecule has 2 saturated carbocycles. The van der Waals surface area contributed by atoms with Crippen LogP contribution in [0.15, 0.2) is 0 Å². The molecule has 3 aliphatic rings. The van der Waals surface area contributed by atoms with Crippen molar-refractivity contribution in [3.8, 4) is 0 Å². The van der Waals surface area contributed by atoms with Crippen LogP contribution in [-0.2, 0) is 4.79 Å². The van der Waals surface area contributed by atoms with Gasteiger partial charge in [0.05, 0.1) is 5.92 Å². The van der Waals surface area contributed by atoms with Gasteiger partial charge >= 0.3 is 12.0 Å². The van der Waals surface area contributed by atoms with Gasteiger partial charge in [0.2, 0.25) is 0 Å². The Morgan fingerprint density at radius 3 is 2.29 bits per heavy atom. The van der Waals surface area contributed by atoms with Crippen LogP contribution in [0.5, 0.6) is 0 Å². The van der Waals surface area contributed by atoms with Crippen molar-refractivity contribution < 1.29 is 14.7 Å². The summed E-state index contributed by atoms with van der Waals surface area (Å²) in [7, 11) is 0. The molecule has 2 N–H and O–H groups in total. The molecule has 0 spiro atoms. The number of rotatable bonds is 3. The van der Waals surface area contributed by atoms with Crippen LogP contribution in [0, 0.1) is 17.8 Å². The van der Waals surface area contributed by atoms with Gasteiger partial charge in [-0.05, 0) is 63.2 Å². The van der Waals surface area contributed by atoms with Gasteiger partial charge in [0.1, 0.15) is 0 Å². The highest BCUT2D eigenvalue weighted by Gasteiger charge is 2.36. The van der Waals surface area contributed by atoms with Gasteiger partial charge in [-0.3, -0.25) is 4.79 Å².